The van der Waals surface area contributed by atoms with Crippen LogP contribution in [0.1, 0.15) is 18.6 Å². The van der Waals surface area contributed by atoms with Gasteiger partial charge in [-0.1, -0.05) is 42.5 Å². The SMILES string of the molecule is CCOc1ccccc1OC(c1ccccc1)C(O)CO. The zero-order valence-corrected chi connectivity index (χ0v) is 12.0. The molecule has 0 aliphatic rings. The number of hydrogen-bond donors (Lipinski definition) is 2. The molecule has 112 valence electrons. The minimum atomic E-state index is -1.01. The number of aliphatic hydroxyl groups excluding tert-OH is 2. The smallest absolute Gasteiger partial charge is 0.162 e. The summed E-state index contributed by atoms with van der Waals surface area (Å²) >= 11 is 0. The monoisotopic (exact) mass is 288 g/mol. The van der Waals surface area contributed by atoms with E-state index in [2.05, 4.69) is 0 Å². The topological polar surface area (TPSA) is 58.9 Å². The van der Waals surface area contributed by atoms with Crippen LogP contribution in [-0.4, -0.2) is 29.5 Å². The van der Waals surface area contributed by atoms with Crippen molar-refractivity contribution < 1.29 is 19.7 Å². The highest BCUT2D eigenvalue weighted by atomic mass is 16.5. The van der Waals surface area contributed by atoms with E-state index in [0.29, 0.717) is 18.1 Å². The zero-order valence-electron chi connectivity index (χ0n) is 12.0. The first-order valence-corrected chi connectivity index (χ1v) is 6.98. The lowest BCUT2D eigenvalue weighted by Gasteiger charge is -2.24. The van der Waals surface area contributed by atoms with E-state index in [4.69, 9.17) is 9.47 Å². The summed E-state index contributed by atoms with van der Waals surface area (Å²) in [5.74, 6) is 1.16. The first-order valence-electron chi connectivity index (χ1n) is 6.98. The fraction of sp³-hybridized carbons (Fsp3) is 0.294. The molecule has 4 nitrogen and oxygen atoms in total. The Hall–Kier alpha value is -2.04. The first-order chi connectivity index (χ1) is 10.3. The molecule has 0 heterocycles. The molecule has 0 saturated carbocycles. The summed E-state index contributed by atoms with van der Waals surface area (Å²) in [6, 6.07) is 16.6. The largest absolute Gasteiger partial charge is 0.490 e. The minimum absolute atomic E-state index is 0.379. The molecule has 0 saturated heterocycles. The lowest BCUT2D eigenvalue weighted by atomic mass is 10.0. The van der Waals surface area contributed by atoms with Crippen LogP contribution in [0.5, 0.6) is 11.5 Å². The normalized spacial score (nSPS) is 13.5. The molecular weight excluding hydrogens is 268 g/mol. The molecule has 0 fully saturated rings. The van der Waals surface area contributed by atoms with Crippen LogP contribution in [0.3, 0.4) is 0 Å². The van der Waals surface area contributed by atoms with Crippen LogP contribution in [-0.2, 0) is 0 Å². The van der Waals surface area contributed by atoms with Crippen LogP contribution in [0.2, 0.25) is 0 Å². The summed E-state index contributed by atoms with van der Waals surface area (Å²) in [5.41, 5.74) is 0.797. The molecule has 0 aliphatic carbocycles. The summed E-state index contributed by atoms with van der Waals surface area (Å²) in [6.45, 7) is 2.04. The Balaban J connectivity index is 2.27. The molecule has 2 rings (SSSR count). The van der Waals surface area contributed by atoms with Gasteiger partial charge in [0.25, 0.3) is 0 Å². The number of para-hydroxylation sites is 2. The highest BCUT2D eigenvalue weighted by molar-refractivity contribution is 5.40. The average Bonchev–Trinajstić information content (AvgIpc) is 2.54. The highest BCUT2D eigenvalue weighted by Gasteiger charge is 2.23. The van der Waals surface area contributed by atoms with Gasteiger partial charge in [0.1, 0.15) is 6.10 Å². The molecule has 2 aromatic carbocycles. The third-order valence-electron chi connectivity index (χ3n) is 3.07. The standard InChI is InChI=1S/C17H20O4/c1-2-20-15-10-6-7-11-16(15)21-17(14(19)12-18)13-8-4-3-5-9-13/h3-11,14,17-19H,2,12H2,1H3. The molecule has 0 radical (unpaired) electrons. The number of rotatable bonds is 7. The van der Waals surface area contributed by atoms with Crippen LogP contribution in [0.25, 0.3) is 0 Å². The molecular formula is C17H20O4. The van der Waals surface area contributed by atoms with Crippen LogP contribution < -0.4 is 9.47 Å². The molecule has 21 heavy (non-hydrogen) atoms. The van der Waals surface area contributed by atoms with E-state index in [0.717, 1.165) is 5.56 Å². The second-order valence-electron chi connectivity index (χ2n) is 4.58. The van der Waals surface area contributed by atoms with Crippen molar-refractivity contribution in [2.75, 3.05) is 13.2 Å². The van der Waals surface area contributed by atoms with E-state index in [1.54, 1.807) is 6.07 Å². The summed E-state index contributed by atoms with van der Waals surface area (Å²) in [4.78, 5) is 0. The fourth-order valence-electron chi connectivity index (χ4n) is 2.07. The van der Waals surface area contributed by atoms with E-state index < -0.39 is 12.2 Å². The zero-order chi connectivity index (χ0) is 15.1. The molecule has 2 aromatic rings. The van der Waals surface area contributed by atoms with Gasteiger partial charge in [0.2, 0.25) is 0 Å². The Bertz CT molecular complexity index is 541. The van der Waals surface area contributed by atoms with Crippen LogP contribution in [0.4, 0.5) is 0 Å². The van der Waals surface area contributed by atoms with E-state index in [-0.39, 0.29) is 6.61 Å². The molecule has 0 bridgehead atoms. The maximum absolute atomic E-state index is 10.0. The quantitative estimate of drug-likeness (QED) is 0.822. The average molecular weight is 288 g/mol. The van der Waals surface area contributed by atoms with Crippen molar-refractivity contribution in [2.24, 2.45) is 0 Å². The molecule has 0 spiro atoms. The molecule has 0 aromatic heterocycles. The van der Waals surface area contributed by atoms with Crippen LogP contribution in [0, 0.1) is 0 Å². The second kappa shape index (κ2) is 7.67. The molecule has 0 amide bonds. The number of benzene rings is 2. The molecule has 2 atom stereocenters. The first kappa shape index (κ1) is 15.4. The summed E-state index contributed by atoms with van der Waals surface area (Å²) < 4.78 is 11.4. The molecule has 0 aliphatic heterocycles. The van der Waals surface area contributed by atoms with Crippen molar-refractivity contribution in [3.8, 4) is 11.5 Å². The van der Waals surface area contributed by atoms with E-state index in [1.165, 1.54) is 0 Å². The molecule has 2 unspecified atom stereocenters. The van der Waals surface area contributed by atoms with Crippen LogP contribution >= 0.6 is 0 Å². The van der Waals surface area contributed by atoms with Crippen molar-refractivity contribution in [2.45, 2.75) is 19.1 Å². The van der Waals surface area contributed by atoms with Gasteiger partial charge in [0.05, 0.1) is 13.2 Å². The van der Waals surface area contributed by atoms with E-state index in [1.807, 2.05) is 55.5 Å². The third-order valence-corrected chi connectivity index (χ3v) is 3.07. The Kier molecular flexibility index (Phi) is 5.60. The van der Waals surface area contributed by atoms with Crippen molar-refractivity contribution in [1.29, 1.82) is 0 Å². The second-order valence-corrected chi connectivity index (χ2v) is 4.58. The predicted molar refractivity (Wildman–Crippen MR) is 80.5 cm³/mol. The lowest BCUT2D eigenvalue weighted by molar-refractivity contribution is -0.00305. The number of ether oxygens (including phenoxy) is 2. The number of hydrogen-bond acceptors (Lipinski definition) is 4. The van der Waals surface area contributed by atoms with E-state index in [9.17, 15) is 10.2 Å². The Morgan fingerprint density at radius 2 is 1.57 bits per heavy atom. The van der Waals surface area contributed by atoms with Crippen molar-refractivity contribution >= 4 is 0 Å². The highest BCUT2D eigenvalue weighted by Crippen LogP contribution is 2.32. The summed E-state index contributed by atoms with van der Waals surface area (Å²) in [5, 5.41) is 19.3. The van der Waals surface area contributed by atoms with Gasteiger partial charge in [-0.15, -0.1) is 0 Å². The molecule has 2 N–H and O–H groups in total. The Labute approximate surface area is 124 Å². The van der Waals surface area contributed by atoms with Gasteiger partial charge in [0.15, 0.2) is 17.6 Å². The predicted octanol–water partition coefficient (Wildman–Crippen LogP) is 2.56. The summed E-state index contributed by atoms with van der Waals surface area (Å²) in [6.07, 6.45) is -1.67. The van der Waals surface area contributed by atoms with Gasteiger partial charge in [0, 0.05) is 0 Å². The van der Waals surface area contributed by atoms with Crippen LogP contribution in [0.15, 0.2) is 54.6 Å². The lowest BCUT2D eigenvalue weighted by Crippen LogP contribution is -2.27. The van der Waals surface area contributed by atoms with Gasteiger partial charge < -0.3 is 19.7 Å². The van der Waals surface area contributed by atoms with Crippen molar-refractivity contribution in [3.63, 3.8) is 0 Å². The third kappa shape index (κ3) is 3.97. The Morgan fingerprint density at radius 1 is 0.952 bits per heavy atom. The van der Waals surface area contributed by atoms with Gasteiger partial charge >= 0.3 is 0 Å². The maximum atomic E-state index is 10.0. The van der Waals surface area contributed by atoms with E-state index >= 15 is 0 Å². The summed E-state index contributed by atoms with van der Waals surface area (Å²) in [7, 11) is 0. The fourth-order valence-corrected chi connectivity index (χ4v) is 2.07. The Morgan fingerprint density at radius 3 is 2.19 bits per heavy atom. The van der Waals surface area contributed by atoms with Gasteiger partial charge in [-0.05, 0) is 24.6 Å². The van der Waals surface area contributed by atoms with Gasteiger partial charge in [-0.25, -0.2) is 0 Å². The maximum Gasteiger partial charge on any atom is 0.162 e. The van der Waals surface area contributed by atoms with Crippen molar-refractivity contribution in [3.05, 3.63) is 60.2 Å². The van der Waals surface area contributed by atoms with Gasteiger partial charge in [-0.3, -0.25) is 0 Å². The van der Waals surface area contributed by atoms with Gasteiger partial charge in [-0.2, -0.15) is 0 Å². The van der Waals surface area contributed by atoms with Crippen molar-refractivity contribution in [1.82, 2.24) is 0 Å². The molecule has 4 heteroatoms. The minimum Gasteiger partial charge on any atom is -0.490 e. The number of aliphatic hydroxyl groups is 2.